The van der Waals surface area contributed by atoms with Crippen molar-refractivity contribution in [3.8, 4) is 11.3 Å². The van der Waals surface area contributed by atoms with E-state index in [-0.39, 0.29) is 24.4 Å². The third-order valence-corrected chi connectivity index (χ3v) is 5.43. The fourth-order valence-electron chi connectivity index (χ4n) is 3.52. The Morgan fingerprint density at radius 1 is 1.06 bits per heavy atom. The van der Waals surface area contributed by atoms with Crippen molar-refractivity contribution >= 4 is 34.4 Å². The average Bonchev–Trinajstić information content (AvgIpc) is 3.21. The number of carbonyl (C=O) groups excluding carboxylic acids is 2. The van der Waals surface area contributed by atoms with Crippen LogP contribution in [-0.4, -0.2) is 39.2 Å². The molecular formula is C25H24ClN5O2. The molecule has 0 atom stereocenters. The van der Waals surface area contributed by atoms with Crippen LogP contribution >= 0.6 is 11.6 Å². The van der Waals surface area contributed by atoms with Gasteiger partial charge in [0.1, 0.15) is 0 Å². The monoisotopic (exact) mass is 461 g/mol. The predicted octanol–water partition coefficient (Wildman–Crippen LogP) is 4.05. The maximum absolute atomic E-state index is 13.1. The summed E-state index contributed by atoms with van der Waals surface area (Å²) in [5.74, 6) is -0.614. The minimum atomic E-state index is -0.365. The van der Waals surface area contributed by atoms with E-state index in [4.69, 9.17) is 16.6 Å². The topological polar surface area (TPSA) is 88.9 Å². The van der Waals surface area contributed by atoms with Gasteiger partial charge in [-0.05, 0) is 31.5 Å². The van der Waals surface area contributed by atoms with Gasteiger partial charge in [0.05, 0.1) is 35.9 Å². The molecule has 2 heterocycles. The van der Waals surface area contributed by atoms with E-state index in [0.717, 1.165) is 11.1 Å². The van der Waals surface area contributed by atoms with E-state index < -0.39 is 0 Å². The van der Waals surface area contributed by atoms with E-state index in [1.807, 2.05) is 68.4 Å². The first-order chi connectivity index (χ1) is 15.9. The number of aromatic nitrogens is 3. The molecule has 0 aliphatic rings. The lowest BCUT2D eigenvalue weighted by Crippen LogP contribution is -2.39. The summed E-state index contributed by atoms with van der Waals surface area (Å²) in [6.45, 7) is 4.03. The molecule has 8 heteroatoms. The highest BCUT2D eigenvalue weighted by atomic mass is 35.5. The summed E-state index contributed by atoms with van der Waals surface area (Å²) in [4.78, 5) is 29.9. The maximum Gasteiger partial charge on any atom is 0.252 e. The van der Waals surface area contributed by atoms with Crippen molar-refractivity contribution < 1.29 is 9.59 Å². The second-order valence-corrected chi connectivity index (χ2v) is 8.36. The van der Waals surface area contributed by atoms with E-state index in [1.54, 1.807) is 16.9 Å². The Kier molecular flexibility index (Phi) is 6.70. The molecule has 0 saturated heterocycles. The number of pyridine rings is 1. The van der Waals surface area contributed by atoms with Crippen LogP contribution in [0.1, 0.15) is 29.8 Å². The van der Waals surface area contributed by atoms with Crippen LogP contribution in [0.25, 0.3) is 22.3 Å². The zero-order valence-electron chi connectivity index (χ0n) is 18.4. The third kappa shape index (κ3) is 5.21. The number of hydrogen-bond donors (Lipinski definition) is 2. The molecule has 2 aromatic heterocycles. The minimum Gasteiger partial charge on any atom is -0.352 e. The van der Waals surface area contributed by atoms with E-state index in [9.17, 15) is 9.59 Å². The van der Waals surface area contributed by atoms with Crippen molar-refractivity contribution in [2.75, 3.05) is 6.54 Å². The van der Waals surface area contributed by atoms with E-state index in [1.165, 1.54) is 0 Å². The van der Waals surface area contributed by atoms with Crippen molar-refractivity contribution in [1.29, 1.82) is 0 Å². The van der Waals surface area contributed by atoms with Crippen molar-refractivity contribution in [2.45, 2.75) is 26.4 Å². The van der Waals surface area contributed by atoms with Crippen LogP contribution in [0.5, 0.6) is 0 Å². The molecule has 0 unspecified atom stereocenters. The van der Waals surface area contributed by atoms with Crippen molar-refractivity contribution in [1.82, 2.24) is 25.4 Å². The Balaban J connectivity index is 1.74. The molecule has 4 aromatic rings. The Labute approximate surface area is 196 Å². The molecule has 0 aliphatic carbocycles. The van der Waals surface area contributed by atoms with Gasteiger partial charge >= 0.3 is 0 Å². The molecule has 0 radical (unpaired) electrons. The lowest BCUT2D eigenvalue weighted by atomic mass is 10.1. The van der Waals surface area contributed by atoms with Crippen molar-refractivity contribution in [3.05, 3.63) is 83.0 Å². The van der Waals surface area contributed by atoms with E-state index in [2.05, 4.69) is 15.7 Å². The second-order valence-electron chi connectivity index (χ2n) is 7.96. The number of nitrogens with zero attached hydrogens (tertiary/aromatic N) is 3. The first-order valence-electron chi connectivity index (χ1n) is 10.7. The molecule has 2 N–H and O–H groups in total. The van der Waals surface area contributed by atoms with Gasteiger partial charge in [0.2, 0.25) is 5.91 Å². The number of fused-ring (bicyclic) bond motifs is 1. The molecule has 0 fully saturated rings. The van der Waals surface area contributed by atoms with Gasteiger partial charge in [0, 0.05) is 16.6 Å². The Morgan fingerprint density at radius 2 is 1.79 bits per heavy atom. The van der Waals surface area contributed by atoms with Gasteiger partial charge in [-0.3, -0.25) is 9.59 Å². The maximum atomic E-state index is 13.1. The van der Waals surface area contributed by atoms with Gasteiger partial charge in [-0.25, -0.2) is 9.67 Å². The first-order valence-corrected chi connectivity index (χ1v) is 11.0. The number of halogens is 1. The van der Waals surface area contributed by atoms with Crippen LogP contribution in [-0.2, 0) is 11.3 Å². The highest BCUT2D eigenvalue weighted by Gasteiger charge is 2.19. The van der Waals surface area contributed by atoms with Crippen LogP contribution < -0.4 is 10.6 Å². The zero-order valence-corrected chi connectivity index (χ0v) is 19.1. The first kappa shape index (κ1) is 22.5. The number of nitrogens with one attached hydrogen (secondary N) is 2. The van der Waals surface area contributed by atoms with Gasteiger partial charge < -0.3 is 10.6 Å². The molecule has 0 spiro atoms. The number of rotatable bonds is 7. The third-order valence-electron chi connectivity index (χ3n) is 5.06. The summed E-state index contributed by atoms with van der Waals surface area (Å²) in [7, 11) is 0. The quantitative estimate of drug-likeness (QED) is 0.434. The van der Waals surface area contributed by atoms with Crippen LogP contribution in [0.3, 0.4) is 0 Å². The van der Waals surface area contributed by atoms with Crippen molar-refractivity contribution in [3.63, 3.8) is 0 Å². The minimum absolute atomic E-state index is 0.00485. The summed E-state index contributed by atoms with van der Waals surface area (Å²) in [5.41, 5.74) is 3.37. The summed E-state index contributed by atoms with van der Waals surface area (Å²) < 4.78 is 1.73. The van der Waals surface area contributed by atoms with Gasteiger partial charge in [0.15, 0.2) is 5.65 Å². The largest absolute Gasteiger partial charge is 0.352 e. The lowest BCUT2D eigenvalue weighted by Gasteiger charge is -2.11. The number of amides is 2. The zero-order chi connectivity index (χ0) is 23.4. The van der Waals surface area contributed by atoms with Gasteiger partial charge in [-0.2, -0.15) is 5.10 Å². The van der Waals surface area contributed by atoms with Crippen molar-refractivity contribution in [2.24, 2.45) is 0 Å². The summed E-state index contributed by atoms with van der Waals surface area (Å²) in [5, 5.41) is 11.2. The van der Waals surface area contributed by atoms with Gasteiger partial charge in [-0.1, -0.05) is 60.1 Å². The summed E-state index contributed by atoms with van der Waals surface area (Å²) >= 11 is 6.34. The lowest BCUT2D eigenvalue weighted by molar-refractivity contribution is -0.120. The average molecular weight is 462 g/mol. The van der Waals surface area contributed by atoms with E-state index >= 15 is 0 Å². The van der Waals surface area contributed by atoms with Crippen LogP contribution in [0.15, 0.2) is 66.9 Å². The van der Waals surface area contributed by atoms with Gasteiger partial charge in [-0.15, -0.1) is 0 Å². The highest BCUT2D eigenvalue weighted by Crippen LogP contribution is 2.26. The molecule has 2 amide bonds. The molecule has 2 aromatic carbocycles. The second kappa shape index (κ2) is 9.83. The van der Waals surface area contributed by atoms with Crippen LogP contribution in [0, 0.1) is 0 Å². The van der Waals surface area contributed by atoms with E-state index in [0.29, 0.717) is 33.9 Å². The van der Waals surface area contributed by atoms with Crippen LogP contribution in [0.4, 0.5) is 0 Å². The molecule has 0 bridgehead atoms. The fourth-order valence-corrected chi connectivity index (χ4v) is 3.72. The Bertz CT molecular complexity index is 1300. The Morgan fingerprint density at radius 3 is 2.52 bits per heavy atom. The Hall–Kier alpha value is -3.71. The summed E-state index contributed by atoms with van der Waals surface area (Å²) in [6.07, 6.45) is 1.62. The predicted molar refractivity (Wildman–Crippen MR) is 129 cm³/mol. The number of hydrogen-bond acceptors (Lipinski definition) is 4. The molecule has 7 nitrogen and oxygen atoms in total. The number of benzene rings is 2. The molecule has 4 rings (SSSR count). The van der Waals surface area contributed by atoms with Gasteiger partial charge in [0.25, 0.3) is 5.91 Å². The molecule has 0 saturated carbocycles. The van der Waals surface area contributed by atoms with Crippen LogP contribution in [0.2, 0.25) is 5.02 Å². The smallest absolute Gasteiger partial charge is 0.252 e. The standard InChI is InChI=1S/C25H24ClN5O2/c1-16(2)29-23(32)14-27-25(33)19-12-22(17-8-4-3-5-9-17)30-24-20(19)13-28-31(24)15-18-10-6-7-11-21(18)26/h3-13,16H,14-15H2,1-2H3,(H,27,33)(H,29,32). The summed E-state index contributed by atoms with van der Waals surface area (Å²) in [6, 6.07) is 18.9. The fraction of sp³-hybridized carbons (Fsp3) is 0.200. The molecular weight excluding hydrogens is 438 g/mol. The number of carbonyl (C=O) groups is 2. The molecule has 33 heavy (non-hydrogen) atoms. The highest BCUT2D eigenvalue weighted by molar-refractivity contribution is 6.31. The normalized spacial score (nSPS) is 11.0. The SMILES string of the molecule is CC(C)NC(=O)CNC(=O)c1cc(-c2ccccc2)nc2c1cnn2Cc1ccccc1Cl. The molecule has 0 aliphatic heterocycles. The molecule has 168 valence electrons.